The maximum atomic E-state index is 12.5. The lowest BCUT2D eigenvalue weighted by Gasteiger charge is -2.22. The summed E-state index contributed by atoms with van der Waals surface area (Å²) in [6, 6.07) is -0.536. The van der Waals surface area contributed by atoms with Crippen molar-refractivity contribution in [2.24, 2.45) is 0 Å². The Morgan fingerprint density at radius 3 is 0.906 bits per heavy atom. The topological polar surface area (TPSA) is 95.9 Å². The van der Waals surface area contributed by atoms with E-state index in [2.05, 4.69) is 43.5 Å². The molecule has 0 saturated heterocycles. The molecule has 6 heteroatoms. The van der Waals surface area contributed by atoms with E-state index in [0.29, 0.717) is 25.9 Å². The molecule has 0 spiro atoms. The van der Waals surface area contributed by atoms with Crippen molar-refractivity contribution in [3.05, 3.63) is 24.3 Å². The van der Waals surface area contributed by atoms with Crippen LogP contribution in [0.1, 0.15) is 444 Å². The summed E-state index contributed by atoms with van der Waals surface area (Å²) in [5.74, 6) is -0.00980. The maximum absolute atomic E-state index is 12.5. The molecule has 1 amide bonds. The molecule has 0 aliphatic rings. The van der Waals surface area contributed by atoms with Crippen LogP contribution < -0.4 is 5.32 Å². The number of esters is 1. The Hall–Kier alpha value is -1.66. The molecule has 2 atom stereocenters. The SMILES string of the molecule is CCCCCC/C=C\C/C=C\CCCCCCCCCC(=O)OCCCCCCCCCCCCCCCCCCCCCCCCCCCCCCCCCCCCCCCC(=O)NC(CO)C(O)CCCCCCCCCCCCCCC. The molecule has 85 heavy (non-hydrogen) atoms. The van der Waals surface area contributed by atoms with Crippen LogP contribution >= 0.6 is 0 Å². The Kier molecular flexibility index (Phi) is 73.3. The first-order chi connectivity index (χ1) is 42.0. The van der Waals surface area contributed by atoms with E-state index in [9.17, 15) is 19.8 Å². The maximum Gasteiger partial charge on any atom is 0.305 e. The fourth-order valence-electron chi connectivity index (χ4n) is 12.6. The van der Waals surface area contributed by atoms with Crippen molar-refractivity contribution >= 4 is 11.9 Å². The van der Waals surface area contributed by atoms with Crippen molar-refractivity contribution in [1.82, 2.24) is 5.32 Å². The zero-order chi connectivity index (χ0) is 61.3. The van der Waals surface area contributed by atoms with Crippen molar-refractivity contribution in [3.63, 3.8) is 0 Å². The van der Waals surface area contributed by atoms with Gasteiger partial charge in [0.05, 0.1) is 25.4 Å². The number of rotatable bonds is 74. The van der Waals surface area contributed by atoms with Gasteiger partial charge in [-0.2, -0.15) is 0 Å². The highest BCUT2D eigenvalue weighted by molar-refractivity contribution is 5.76. The van der Waals surface area contributed by atoms with Gasteiger partial charge in [0.2, 0.25) is 5.91 Å². The minimum atomic E-state index is -0.659. The molecule has 0 aromatic carbocycles. The summed E-state index contributed by atoms with van der Waals surface area (Å²) < 4.78 is 5.51. The first-order valence-electron chi connectivity index (χ1n) is 39.1. The molecule has 0 aromatic heterocycles. The molecule has 0 aliphatic carbocycles. The van der Waals surface area contributed by atoms with Crippen LogP contribution in [0.3, 0.4) is 0 Å². The quantitative estimate of drug-likeness (QED) is 0.0320. The van der Waals surface area contributed by atoms with Crippen LogP contribution in [0.15, 0.2) is 24.3 Å². The predicted octanol–water partition coefficient (Wildman–Crippen LogP) is 25.7. The third kappa shape index (κ3) is 71.3. The smallest absolute Gasteiger partial charge is 0.305 e. The van der Waals surface area contributed by atoms with E-state index in [1.54, 1.807) is 0 Å². The predicted molar refractivity (Wildman–Crippen MR) is 375 cm³/mol. The first-order valence-corrected chi connectivity index (χ1v) is 39.1. The van der Waals surface area contributed by atoms with E-state index in [4.69, 9.17) is 4.74 Å². The third-order valence-corrected chi connectivity index (χ3v) is 18.5. The summed E-state index contributed by atoms with van der Waals surface area (Å²) in [5, 5.41) is 23.3. The van der Waals surface area contributed by atoms with Crippen molar-refractivity contribution in [2.75, 3.05) is 13.2 Å². The minimum Gasteiger partial charge on any atom is -0.466 e. The second-order valence-corrected chi connectivity index (χ2v) is 27.0. The van der Waals surface area contributed by atoms with Crippen LogP contribution in [0.4, 0.5) is 0 Å². The summed E-state index contributed by atoms with van der Waals surface area (Å²) in [7, 11) is 0. The first kappa shape index (κ1) is 83.3. The van der Waals surface area contributed by atoms with Gasteiger partial charge in [-0.25, -0.2) is 0 Å². The number of ether oxygens (including phenoxy) is 1. The molecule has 0 aliphatic heterocycles. The van der Waals surface area contributed by atoms with Crippen molar-refractivity contribution in [3.8, 4) is 0 Å². The molecule has 6 nitrogen and oxygen atoms in total. The fourth-order valence-corrected chi connectivity index (χ4v) is 12.6. The highest BCUT2D eigenvalue weighted by Gasteiger charge is 2.20. The van der Waals surface area contributed by atoms with E-state index >= 15 is 0 Å². The molecular formula is C79H153NO5. The molecule has 0 heterocycles. The van der Waals surface area contributed by atoms with Gasteiger partial charge in [0.25, 0.3) is 0 Å². The van der Waals surface area contributed by atoms with Crippen molar-refractivity contribution in [2.45, 2.75) is 456 Å². The van der Waals surface area contributed by atoms with Gasteiger partial charge in [-0.15, -0.1) is 0 Å². The summed E-state index contributed by atoms with van der Waals surface area (Å²) in [5.41, 5.74) is 0. The highest BCUT2D eigenvalue weighted by Crippen LogP contribution is 2.20. The monoisotopic (exact) mass is 1200 g/mol. The Morgan fingerprint density at radius 2 is 0.588 bits per heavy atom. The highest BCUT2D eigenvalue weighted by atomic mass is 16.5. The minimum absolute atomic E-state index is 0.0168. The molecule has 0 radical (unpaired) electrons. The van der Waals surface area contributed by atoms with Crippen LogP contribution in [0, 0.1) is 0 Å². The van der Waals surface area contributed by atoms with E-state index in [1.165, 1.54) is 360 Å². The Bertz CT molecular complexity index is 1330. The average molecular weight is 1200 g/mol. The van der Waals surface area contributed by atoms with Gasteiger partial charge in [0.1, 0.15) is 0 Å². The number of nitrogens with one attached hydrogen (secondary N) is 1. The van der Waals surface area contributed by atoms with Crippen LogP contribution in [0.5, 0.6) is 0 Å². The number of amides is 1. The van der Waals surface area contributed by atoms with E-state index in [-0.39, 0.29) is 18.5 Å². The lowest BCUT2D eigenvalue weighted by atomic mass is 10.0. The van der Waals surface area contributed by atoms with Gasteiger partial charge < -0.3 is 20.3 Å². The lowest BCUT2D eigenvalue weighted by molar-refractivity contribution is -0.143. The molecule has 504 valence electrons. The van der Waals surface area contributed by atoms with E-state index in [1.807, 2.05) is 0 Å². The van der Waals surface area contributed by atoms with E-state index < -0.39 is 12.1 Å². The Morgan fingerprint density at radius 1 is 0.329 bits per heavy atom. The molecule has 3 N–H and O–H groups in total. The second-order valence-electron chi connectivity index (χ2n) is 27.0. The van der Waals surface area contributed by atoms with Gasteiger partial charge in [-0.05, 0) is 57.8 Å². The molecule has 0 bridgehead atoms. The number of carbonyl (C=O) groups excluding carboxylic acids is 2. The van der Waals surface area contributed by atoms with Crippen LogP contribution in [0.25, 0.3) is 0 Å². The number of carbonyl (C=O) groups is 2. The molecule has 0 rings (SSSR count). The molecule has 0 saturated carbocycles. The van der Waals surface area contributed by atoms with Gasteiger partial charge in [0.15, 0.2) is 0 Å². The van der Waals surface area contributed by atoms with Gasteiger partial charge in [0, 0.05) is 12.8 Å². The van der Waals surface area contributed by atoms with Gasteiger partial charge >= 0.3 is 5.97 Å². The molecule has 0 fully saturated rings. The third-order valence-electron chi connectivity index (χ3n) is 18.5. The fraction of sp³-hybridized carbons (Fsp3) is 0.924. The standard InChI is InChI=1S/C79H153NO5/c1-3-5-7-9-11-13-15-17-18-19-42-45-49-53-57-61-65-69-73-79(84)85-74-70-66-62-58-54-50-46-43-40-38-36-34-32-30-28-26-24-22-20-21-23-25-27-29-31-33-35-37-39-41-44-48-52-56-60-64-68-72-78(83)80-76(75-81)77(82)71-67-63-59-55-51-47-16-14-12-10-8-6-4-2/h13,15,18-19,76-77,81-82H,3-12,14,16-17,20-75H2,1-2H3,(H,80,83)/b15-13-,19-18-. The van der Waals surface area contributed by atoms with Crippen molar-refractivity contribution < 1.29 is 24.5 Å². The lowest BCUT2D eigenvalue weighted by Crippen LogP contribution is -2.45. The van der Waals surface area contributed by atoms with E-state index in [0.717, 1.165) is 51.4 Å². The molecule has 0 aromatic rings. The molecule has 2 unspecified atom stereocenters. The summed E-state index contributed by atoms with van der Waals surface area (Å²) in [4.78, 5) is 24.6. The Labute approximate surface area is 532 Å². The summed E-state index contributed by atoms with van der Waals surface area (Å²) >= 11 is 0. The number of aliphatic hydroxyl groups is 2. The number of hydrogen-bond donors (Lipinski definition) is 3. The summed E-state index contributed by atoms with van der Waals surface area (Å²) in [6.45, 7) is 4.97. The van der Waals surface area contributed by atoms with Crippen LogP contribution in [-0.4, -0.2) is 47.4 Å². The van der Waals surface area contributed by atoms with Crippen molar-refractivity contribution in [1.29, 1.82) is 0 Å². The number of unbranched alkanes of at least 4 members (excludes halogenated alkanes) is 59. The van der Waals surface area contributed by atoms with Gasteiger partial charge in [-0.1, -0.05) is 398 Å². The number of hydrogen-bond acceptors (Lipinski definition) is 5. The number of allylic oxidation sites excluding steroid dienone is 4. The summed E-state index contributed by atoms with van der Waals surface area (Å²) in [6.07, 6.45) is 95.6. The normalized spacial score (nSPS) is 12.6. The zero-order valence-corrected chi connectivity index (χ0v) is 57.9. The largest absolute Gasteiger partial charge is 0.466 e. The van der Waals surface area contributed by atoms with Crippen LogP contribution in [-0.2, 0) is 14.3 Å². The van der Waals surface area contributed by atoms with Gasteiger partial charge in [-0.3, -0.25) is 9.59 Å². The molecular weight excluding hydrogens is 1040 g/mol. The zero-order valence-electron chi connectivity index (χ0n) is 57.9. The second kappa shape index (κ2) is 74.8. The average Bonchev–Trinajstić information content (AvgIpc) is 3.50. The Balaban J connectivity index is 3.28. The number of aliphatic hydroxyl groups excluding tert-OH is 2. The van der Waals surface area contributed by atoms with Crippen LogP contribution in [0.2, 0.25) is 0 Å².